The number of sulfone groups is 1. The van der Waals surface area contributed by atoms with Crippen LogP contribution in [0.25, 0.3) is 0 Å². The van der Waals surface area contributed by atoms with Crippen LogP contribution in [0.15, 0.2) is 82.9 Å². The molecule has 1 amide bonds. The highest BCUT2D eigenvalue weighted by Gasteiger charge is 2.31. The number of anilines is 2. The molecule has 1 unspecified atom stereocenters. The summed E-state index contributed by atoms with van der Waals surface area (Å²) < 4.78 is 26.7. The molecule has 4 rings (SSSR count). The minimum atomic E-state index is -4.09. The molecule has 0 spiro atoms. The first-order valence-corrected chi connectivity index (χ1v) is 12.8. The van der Waals surface area contributed by atoms with Crippen molar-refractivity contribution in [2.24, 2.45) is 4.99 Å². The minimum Gasteiger partial charge on any atom is -0.481 e. The molecule has 10 nitrogen and oxygen atoms in total. The molecule has 1 atom stereocenters. The topological polar surface area (TPSA) is 150 Å². The third kappa shape index (κ3) is 6.05. The lowest BCUT2D eigenvalue weighted by Gasteiger charge is -2.17. The summed E-state index contributed by atoms with van der Waals surface area (Å²) in [7, 11) is -4.09. The van der Waals surface area contributed by atoms with Crippen molar-refractivity contribution in [3.8, 4) is 0 Å². The Morgan fingerprint density at radius 1 is 1.06 bits per heavy atom. The van der Waals surface area contributed by atoms with Crippen LogP contribution in [-0.4, -0.2) is 49.4 Å². The van der Waals surface area contributed by atoms with Gasteiger partial charge in [-0.25, -0.2) is 8.42 Å². The molecule has 1 aliphatic heterocycles. The molecule has 2 aromatic carbocycles. The SMILES string of the molecule is O=C(O)CC(c1cccnc1)S(=O)(=O)c1cccc(NC(=O)c2ccc(NC3=NCCCN3)cc2)c1. The van der Waals surface area contributed by atoms with Crippen molar-refractivity contribution in [1.82, 2.24) is 10.3 Å². The molecule has 0 saturated heterocycles. The number of carboxylic acid groups (broad SMARTS) is 1. The molecule has 1 aromatic heterocycles. The first-order chi connectivity index (χ1) is 17.3. The second-order valence-electron chi connectivity index (χ2n) is 8.11. The number of nitrogens with one attached hydrogen (secondary N) is 3. The normalized spacial score (nSPS) is 14.2. The standard InChI is InChI=1S/C25H25N5O5S/c31-23(32)15-22(18-4-2-11-26-16-18)36(34,35)21-6-1-5-20(14-21)29-24(33)17-7-9-19(10-8-17)30-25-27-12-3-13-28-25/h1-2,4-11,14,16,22H,3,12-13,15H2,(H,29,33)(H,31,32)(H2,27,28,30). The Kier molecular flexibility index (Phi) is 7.59. The zero-order valence-corrected chi connectivity index (χ0v) is 20.0. The number of hydrogen-bond donors (Lipinski definition) is 4. The highest BCUT2D eigenvalue weighted by Crippen LogP contribution is 2.32. The van der Waals surface area contributed by atoms with Crippen molar-refractivity contribution in [2.75, 3.05) is 23.7 Å². The summed E-state index contributed by atoms with van der Waals surface area (Å²) in [6.45, 7) is 1.60. The number of amides is 1. The number of benzene rings is 2. The van der Waals surface area contributed by atoms with E-state index in [4.69, 9.17) is 0 Å². The summed E-state index contributed by atoms with van der Waals surface area (Å²) in [6, 6.07) is 15.6. The average molecular weight is 508 g/mol. The Balaban J connectivity index is 1.50. The first kappa shape index (κ1) is 24.9. The van der Waals surface area contributed by atoms with E-state index < -0.39 is 33.4 Å². The van der Waals surface area contributed by atoms with Crippen LogP contribution >= 0.6 is 0 Å². The summed E-state index contributed by atoms with van der Waals surface area (Å²) >= 11 is 0. The van der Waals surface area contributed by atoms with Gasteiger partial charge in [0.15, 0.2) is 15.8 Å². The lowest BCUT2D eigenvalue weighted by molar-refractivity contribution is -0.137. The number of nitrogens with zero attached hydrogens (tertiary/aromatic N) is 2. The number of guanidine groups is 1. The Morgan fingerprint density at radius 3 is 2.53 bits per heavy atom. The van der Waals surface area contributed by atoms with E-state index in [1.165, 1.54) is 36.7 Å². The van der Waals surface area contributed by atoms with Crippen LogP contribution in [0.1, 0.15) is 34.0 Å². The van der Waals surface area contributed by atoms with E-state index in [1.807, 2.05) is 0 Å². The lowest BCUT2D eigenvalue weighted by Crippen LogP contribution is -2.35. The number of hydrogen-bond acceptors (Lipinski definition) is 8. The molecule has 1 aliphatic rings. The summed E-state index contributed by atoms with van der Waals surface area (Å²) in [6.07, 6.45) is 3.18. The number of carboxylic acids is 1. The molecule has 2 heterocycles. The van der Waals surface area contributed by atoms with E-state index in [1.54, 1.807) is 36.4 Å². The molecule has 0 saturated carbocycles. The van der Waals surface area contributed by atoms with Crippen LogP contribution < -0.4 is 16.0 Å². The van der Waals surface area contributed by atoms with Crippen LogP contribution in [0, 0.1) is 0 Å². The van der Waals surface area contributed by atoms with Crippen molar-refractivity contribution >= 4 is 39.0 Å². The molecule has 3 aromatic rings. The minimum absolute atomic E-state index is 0.101. The fourth-order valence-electron chi connectivity index (χ4n) is 3.71. The zero-order valence-electron chi connectivity index (χ0n) is 19.2. The fraction of sp³-hybridized carbons (Fsp3) is 0.200. The molecule has 0 radical (unpaired) electrons. The number of aliphatic carboxylic acids is 1. The number of rotatable bonds is 8. The van der Waals surface area contributed by atoms with E-state index in [-0.39, 0.29) is 16.1 Å². The van der Waals surface area contributed by atoms with E-state index in [2.05, 4.69) is 25.9 Å². The van der Waals surface area contributed by atoms with E-state index >= 15 is 0 Å². The molecular weight excluding hydrogens is 482 g/mol. The van der Waals surface area contributed by atoms with Gasteiger partial charge in [-0.15, -0.1) is 0 Å². The van der Waals surface area contributed by atoms with Gasteiger partial charge in [-0.2, -0.15) is 0 Å². The molecule has 186 valence electrons. The van der Waals surface area contributed by atoms with Crippen LogP contribution in [0.3, 0.4) is 0 Å². The molecule has 4 N–H and O–H groups in total. The maximum absolute atomic E-state index is 13.4. The van der Waals surface area contributed by atoms with Crippen LogP contribution in [0.5, 0.6) is 0 Å². The predicted molar refractivity (Wildman–Crippen MR) is 136 cm³/mol. The second-order valence-corrected chi connectivity index (χ2v) is 10.2. The largest absolute Gasteiger partial charge is 0.481 e. The van der Waals surface area contributed by atoms with Gasteiger partial charge < -0.3 is 21.1 Å². The van der Waals surface area contributed by atoms with Crippen molar-refractivity contribution < 1.29 is 23.1 Å². The zero-order chi connectivity index (χ0) is 25.5. The number of pyridine rings is 1. The molecule has 0 fully saturated rings. The van der Waals surface area contributed by atoms with Gasteiger partial charge in [-0.1, -0.05) is 12.1 Å². The van der Waals surface area contributed by atoms with Gasteiger partial charge in [-0.05, 0) is 60.5 Å². The third-order valence-corrected chi connectivity index (χ3v) is 7.62. The third-order valence-electron chi connectivity index (χ3n) is 5.52. The van der Waals surface area contributed by atoms with E-state index in [0.717, 1.165) is 25.2 Å². The molecule has 0 aliphatic carbocycles. The van der Waals surface area contributed by atoms with E-state index in [9.17, 15) is 23.1 Å². The Morgan fingerprint density at radius 2 is 1.86 bits per heavy atom. The smallest absolute Gasteiger partial charge is 0.305 e. The maximum atomic E-state index is 13.4. The molecule has 36 heavy (non-hydrogen) atoms. The van der Waals surface area contributed by atoms with Crippen LogP contribution in [-0.2, 0) is 14.6 Å². The van der Waals surface area contributed by atoms with Crippen molar-refractivity contribution in [2.45, 2.75) is 23.0 Å². The number of carbonyl (C=O) groups excluding carboxylic acids is 1. The number of aliphatic imine (C=N–C) groups is 1. The number of aromatic nitrogens is 1. The van der Waals surface area contributed by atoms with Crippen LogP contribution in [0.2, 0.25) is 0 Å². The van der Waals surface area contributed by atoms with Gasteiger partial charge >= 0.3 is 5.97 Å². The first-order valence-electron chi connectivity index (χ1n) is 11.3. The quantitative estimate of drug-likeness (QED) is 0.363. The predicted octanol–water partition coefficient (Wildman–Crippen LogP) is 3.08. The average Bonchev–Trinajstić information content (AvgIpc) is 2.89. The van der Waals surface area contributed by atoms with Gasteiger partial charge in [0, 0.05) is 42.4 Å². The molecular formula is C25H25N5O5S. The van der Waals surface area contributed by atoms with Gasteiger partial charge in [-0.3, -0.25) is 19.6 Å². The monoisotopic (exact) mass is 507 g/mol. The summed E-state index contributed by atoms with van der Waals surface area (Å²) in [5.74, 6) is -0.983. The number of carbonyl (C=O) groups is 2. The Hall–Kier alpha value is -4.25. The summed E-state index contributed by atoms with van der Waals surface area (Å²) in [5.41, 5.74) is 1.70. The Bertz CT molecular complexity index is 1380. The summed E-state index contributed by atoms with van der Waals surface area (Å²) in [4.78, 5) is 32.3. The van der Waals surface area contributed by atoms with E-state index in [0.29, 0.717) is 11.5 Å². The van der Waals surface area contributed by atoms with Gasteiger partial charge in [0.25, 0.3) is 5.91 Å². The van der Waals surface area contributed by atoms with Crippen molar-refractivity contribution in [3.05, 3.63) is 84.2 Å². The summed E-state index contributed by atoms with van der Waals surface area (Å²) in [5, 5.41) is 17.0. The lowest BCUT2D eigenvalue weighted by atomic mass is 10.1. The Labute approximate surface area is 208 Å². The van der Waals surface area contributed by atoms with Gasteiger partial charge in [0.2, 0.25) is 0 Å². The maximum Gasteiger partial charge on any atom is 0.305 e. The van der Waals surface area contributed by atoms with Gasteiger partial charge in [0.1, 0.15) is 5.25 Å². The molecule has 11 heteroatoms. The van der Waals surface area contributed by atoms with Gasteiger partial charge in [0.05, 0.1) is 11.3 Å². The highest BCUT2D eigenvalue weighted by atomic mass is 32.2. The highest BCUT2D eigenvalue weighted by molar-refractivity contribution is 7.91. The second kappa shape index (κ2) is 11.0. The van der Waals surface area contributed by atoms with Crippen molar-refractivity contribution in [1.29, 1.82) is 0 Å². The van der Waals surface area contributed by atoms with Crippen LogP contribution in [0.4, 0.5) is 11.4 Å². The molecule has 0 bridgehead atoms. The fourth-order valence-corrected chi connectivity index (χ4v) is 5.46. The van der Waals surface area contributed by atoms with Crippen molar-refractivity contribution in [3.63, 3.8) is 0 Å².